The number of nitrogens with zero attached hydrogens (tertiary/aromatic N) is 5. The smallest absolute Gasteiger partial charge is 0.260 e. The molecule has 0 saturated carbocycles. The zero-order chi connectivity index (χ0) is 19.2. The van der Waals surface area contributed by atoms with Gasteiger partial charge in [0.05, 0.1) is 12.8 Å². The maximum absolute atomic E-state index is 12.2. The molecule has 3 aromatic heterocycles. The third-order valence-corrected chi connectivity index (χ3v) is 4.45. The minimum absolute atomic E-state index is 0.0229. The lowest BCUT2D eigenvalue weighted by atomic mass is 9.97. The molecule has 26 heavy (non-hydrogen) atoms. The Kier molecular flexibility index (Phi) is 3.65. The number of carbonyl (C=O) groups excluding carboxylic acids is 1. The van der Waals surface area contributed by atoms with Gasteiger partial charge in [0.15, 0.2) is 11.4 Å². The standard InChI is InChI=1S/C17H14ClN5O3/c1-23-8-6-17(25,15(23)24)14-9-13(26-22-14)12-4-2-3-10(20-12)11-5-7-19-16(18)21-11/h2-5,7,9,25H,6,8H2,1H3/t17-/m1/s1/i7D. The molecule has 1 aliphatic rings. The molecular formula is C17H14ClN5O3. The topological polar surface area (TPSA) is 105 Å². The Morgan fingerprint density at radius 1 is 1.31 bits per heavy atom. The van der Waals surface area contributed by atoms with Gasteiger partial charge in [-0.05, 0) is 29.8 Å². The molecule has 9 heteroatoms. The molecule has 0 unspecified atom stereocenters. The molecule has 1 aliphatic heterocycles. The molecule has 1 fully saturated rings. The number of halogens is 1. The van der Waals surface area contributed by atoms with Crippen molar-refractivity contribution in [1.29, 1.82) is 0 Å². The van der Waals surface area contributed by atoms with Crippen LogP contribution in [0.2, 0.25) is 5.28 Å². The molecule has 1 N–H and O–H groups in total. The third-order valence-electron chi connectivity index (χ3n) is 4.28. The van der Waals surface area contributed by atoms with Gasteiger partial charge in [0.25, 0.3) is 5.91 Å². The normalized spacial score (nSPS) is 20.5. The van der Waals surface area contributed by atoms with Crippen LogP contribution in [-0.4, -0.2) is 49.6 Å². The maximum Gasteiger partial charge on any atom is 0.260 e. The van der Waals surface area contributed by atoms with Crippen LogP contribution in [-0.2, 0) is 10.4 Å². The molecule has 1 amide bonds. The summed E-state index contributed by atoms with van der Waals surface area (Å²) < 4.78 is 13.0. The van der Waals surface area contributed by atoms with Crippen LogP contribution in [0.1, 0.15) is 13.5 Å². The summed E-state index contributed by atoms with van der Waals surface area (Å²) >= 11 is 5.81. The number of likely N-dealkylation sites (N-methyl/N-ethyl adjacent to an activating group) is 1. The van der Waals surface area contributed by atoms with Gasteiger partial charge in [-0.25, -0.2) is 15.0 Å². The summed E-state index contributed by atoms with van der Waals surface area (Å²) in [5.41, 5.74) is -0.229. The van der Waals surface area contributed by atoms with Gasteiger partial charge in [-0.2, -0.15) is 0 Å². The van der Waals surface area contributed by atoms with E-state index < -0.39 is 11.5 Å². The highest BCUT2D eigenvalue weighted by molar-refractivity contribution is 6.28. The van der Waals surface area contributed by atoms with Crippen LogP contribution in [0, 0.1) is 0 Å². The lowest BCUT2D eigenvalue weighted by Gasteiger charge is -2.16. The van der Waals surface area contributed by atoms with Gasteiger partial charge in [-0.15, -0.1) is 0 Å². The largest absolute Gasteiger partial charge is 0.374 e. The molecule has 1 atom stereocenters. The lowest BCUT2D eigenvalue weighted by Crippen LogP contribution is -2.36. The zero-order valence-electron chi connectivity index (χ0n) is 14.7. The number of pyridine rings is 1. The first kappa shape index (κ1) is 15.4. The minimum Gasteiger partial charge on any atom is -0.374 e. The Morgan fingerprint density at radius 3 is 2.81 bits per heavy atom. The SMILES string of the molecule is [2H]c1cc(-c2cccc(-c3cc([C@]4(O)CCN(C)C4=O)no3)n2)nc(Cl)n1. The number of rotatable bonds is 3. The van der Waals surface area contributed by atoms with Crippen molar-refractivity contribution in [2.24, 2.45) is 0 Å². The van der Waals surface area contributed by atoms with Crippen LogP contribution < -0.4 is 0 Å². The van der Waals surface area contributed by atoms with E-state index >= 15 is 0 Å². The van der Waals surface area contributed by atoms with Crippen LogP contribution in [0.15, 0.2) is 41.0 Å². The van der Waals surface area contributed by atoms with Gasteiger partial charge < -0.3 is 14.5 Å². The Labute approximate surface area is 154 Å². The fraction of sp³-hybridized carbons (Fsp3) is 0.235. The Hall–Kier alpha value is -2.84. The number of amides is 1. The van der Waals surface area contributed by atoms with Crippen molar-refractivity contribution < 1.29 is 15.8 Å². The summed E-state index contributed by atoms with van der Waals surface area (Å²) in [6.45, 7) is 0.440. The monoisotopic (exact) mass is 372 g/mol. The second-order valence-corrected chi connectivity index (χ2v) is 6.31. The fourth-order valence-corrected chi connectivity index (χ4v) is 2.97. The van der Waals surface area contributed by atoms with Crippen molar-refractivity contribution in [2.75, 3.05) is 13.6 Å². The Bertz CT molecular complexity index is 1020. The number of hydrogen-bond acceptors (Lipinski definition) is 7. The predicted molar refractivity (Wildman–Crippen MR) is 91.9 cm³/mol. The average molecular weight is 373 g/mol. The first-order chi connectivity index (χ1) is 12.9. The summed E-state index contributed by atoms with van der Waals surface area (Å²) in [6, 6.07) is 8.10. The Morgan fingerprint density at radius 2 is 2.08 bits per heavy atom. The highest BCUT2D eigenvalue weighted by atomic mass is 35.5. The maximum atomic E-state index is 12.2. The highest BCUT2D eigenvalue weighted by Gasteiger charge is 2.47. The average Bonchev–Trinajstić information content (AvgIpc) is 3.24. The summed E-state index contributed by atoms with van der Waals surface area (Å²) in [5.74, 6) is -0.114. The molecular weight excluding hydrogens is 358 g/mol. The molecule has 4 rings (SSSR count). The van der Waals surface area contributed by atoms with E-state index in [-0.39, 0.29) is 23.6 Å². The summed E-state index contributed by atoms with van der Waals surface area (Å²) in [6.07, 6.45) is 0.221. The van der Waals surface area contributed by atoms with Crippen LogP contribution in [0.4, 0.5) is 0 Å². The fourth-order valence-electron chi connectivity index (χ4n) is 2.83. The lowest BCUT2D eigenvalue weighted by molar-refractivity contribution is -0.143. The summed E-state index contributed by atoms with van der Waals surface area (Å²) in [4.78, 5) is 25.9. The van der Waals surface area contributed by atoms with Crippen molar-refractivity contribution in [3.8, 4) is 22.8 Å². The molecule has 0 radical (unpaired) electrons. The molecule has 0 aliphatic carbocycles. The molecule has 3 aromatic rings. The third kappa shape index (κ3) is 2.73. The van der Waals surface area contributed by atoms with E-state index in [0.29, 0.717) is 29.4 Å². The van der Waals surface area contributed by atoms with Crippen molar-refractivity contribution in [3.63, 3.8) is 0 Å². The molecule has 0 spiro atoms. The first-order valence-corrected chi connectivity index (χ1v) is 8.19. The van der Waals surface area contributed by atoms with Crippen LogP contribution in [0.3, 0.4) is 0 Å². The van der Waals surface area contributed by atoms with Crippen molar-refractivity contribution in [1.82, 2.24) is 25.0 Å². The summed E-state index contributed by atoms with van der Waals surface area (Å²) in [7, 11) is 1.62. The molecule has 132 valence electrons. The van der Waals surface area contributed by atoms with E-state index in [1.807, 2.05) is 0 Å². The second-order valence-electron chi connectivity index (χ2n) is 5.97. The Balaban J connectivity index is 1.69. The van der Waals surface area contributed by atoms with Gasteiger partial charge in [0.2, 0.25) is 5.28 Å². The van der Waals surface area contributed by atoms with Gasteiger partial charge >= 0.3 is 0 Å². The second kappa shape index (κ2) is 6.15. The number of aliphatic hydroxyl groups is 1. The van der Waals surface area contributed by atoms with E-state index in [9.17, 15) is 9.90 Å². The number of aromatic nitrogens is 4. The number of carbonyl (C=O) groups is 1. The first-order valence-electron chi connectivity index (χ1n) is 8.31. The predicted octanol–water partition coefficient (Wildman–Crippen LogP) is 1.90. The van der Waals surface area contributed by atoms with Crippen LogP contribution >= 0.6 is 11.6 Å². The molecule has 1 saturated heterocycles. The number of likely N-dealkylation sites (tertiary alicyclic amines) is 1. The molecule has 4 heterocycles. The molecule has 0 bridgehead atoms. The minimum atomic E-state index is -1.69. The quantitative estimate of drug-likeness (QED) is 0.700. The molecule has 8 nitrogen and oxygen atoms in total. The van der Waals surface area contributed by atoms with Crippen molar-refractivity contribution in [3.05, 3.63) is 47.5 Å². The van der Waals surface area contributed by atoms with E-state index in [1.165, 1.54) is 17.0 Å². The van der Waals surface area contributed by atoms with Gasteiger partial charge in [-0.3, -0.25) is 4.79 Å². The number of hydrogen-bond donors (Lipinski definition) is 1. The van der Waals surface area contributed by atoms with E-state index in [1.54, 1.807) is 25.2 Å². The summed E-state index contributed by atoms with van der Waals surface area (Å²) in [5, 5.41) is 14.5. The van der Waals surface area contributed by atoms with Crippen LogP contribution in [0.5, 0.6) is 0 Å². The van der Waals surface area contributed by atoms with E-state index in [0.717, 1.165) is 0 Å². The van der Waals surface area contributed by atoms with Crippen molar-refractivity contribution >= 4 is 17.5 Å². The van der Waals surface area contributed by atoms with Gasteiger partial charge in [0, 0.05) is 32.3 Å². The molecule has 0 aromatic carbocycles. The van der Waals surface area contributed by atoms with E-state index in [4.69, 9.17) is 17.5 Å². The van der Waals surface area contributed by atoms with Gasteiger partial charge in [-0.1, -0.05) is 11.2 Å². The zero-order valence-corrected chi connectivity index (χ0v) is 14.4. The van der Waals surface area contributed by atoms with E-state index in [2.05, 4.69) is 20.1 Å². The van der Waals surface area contributed by atoms with Gasteiger partial charge in [0.1, 0.15) is 11.4 Å². The van der Waals surface area contributed by atoms with Crippen molar-refractivity contribution in [2.45, 2.75) is 12.0 Å². The van der Waals surface area contributed by atoms with Crippen LogP contribution in [0.25, 0.3) is 22.8 Å². The highest BCUT2D eigenvalue weighted by Crippen LogP contribution is 2.34.